The SMILES string of the molecule is CCCN1CC(=O)N(CCCCCS)CC1=O. The van der Waals surface area contributed by atoms with Crippen molar-refractivity contribution in [3.05, 3.63) is 0 Å². The molecule has 0 aromatic carbocycles. The van der Waals surface area contributed by atoms with Crippen molar-refractivity contribution in [3.63, 3.8) is 0 Å². The van der Waals surface area contributed by atoms with Crippen LogP contribution in [-0.2, 0) is 9.59 Å². The smallest absolute Gasteiger partial charge is 0.242 e. The Balaban J connectivity index is 2.33. The Morgan fingerprint density at radius 1 is 1.00 bits per heavy atom. The van der Waals surface area contributed by atoms with Gasteiger partial charge in [-0.05, 0) is 25.0 Å². The topological polar surface area (TPSA) is 40.6 Å². The van der Waals surface area contributed by atoms with Crippen LogP contribution in [0.15, 0.2) is 0 Å². The molecule has 0 aromatic heterocycles. The Morgan fingerprint density at radius 2 is 1.59 bits per heavy atom. The van der Waals surface area contributed by atoms with Crippen LogP contribution >= 0.6 is 12.6 Å². The first-order valence-corrected chi connectivity index (χ1v) is 6.98. The van der Waals surface area contributed by atoms with Gasteiger partial charge in [0.1, 0.15) is 0 Å². The first kappa shape index (κ1) is 14.4. The van der Waals surface area contributed by atoms with Crippen LogP contribution in [0.3, 0.4) is 0 Å². The highest BCUT2D eigenvalue weighted by Gasteiger charge is 2.28. The van der Waals surface area contributed by atoms with Crippen molar-refractivity contribution in [3.8, 4) is 0 Å². The summed E-state index contributed by atoms with van der Waals surface area (Å²) in [5, 5.41) is 0. The molecule has 0 aliphatic carbocycles. The van der Waals surface area contributed by atoms with Crippen molar-refractivity contribution in [2.24, 2.45) is 0 Å². The molecule has 98 valence electrons. The molecule has 0 aromatic rings. The third kappa shape index (κ3) is 4.58. The second-order valence-corrected chi connectivity index (χ2v) is 4.86. The van der Waals surface area contributed by atoms with Crippen molar-refractivity contribution < 1.29 is 9.59 Å². The fourth-order valence-electron chi connectivity index (χ4n) is 1.97. The van der Waals surface area contributed by atoms with Crippen LogP contribution in [0.2, 0.25) is 0 Å². The highest BCUT2D eigenvalue weighted by Crippen LogP contribution is 2.08. The van der Waals surface area contributed by atoms with Gasteiger partial charge in [-0.2, -0.15) is 12.6 Å². The lowest BCUT2D eigenvalue weighted by atomic mass is 10.2. The Morgan fingerprint density at radius 3 is 2.12 bits per heavy atom. The summed E-state index contributed by atoms with van der Waals surface area (Å²) in [6.07, 6.45) is 4.01. The summed E-state index contributed by atoms with van der Waals surface area (Å²) in [6, 6.07) is 0. The highest BCUT2D eigenvalue weighted by molar-refractivity contribution is 7.80. The maximum atomic E-state index is 11.8. The third-order valence-electron chi connectivity index (χ3n) is 2.94. The van der Waals surface area contributed by atoms with E-state index in [1.165, 1.54) is 0 Å². The van der Waals surface area contributed by atoms with Crippen molar-refractivity contribution in [1.82, 2.24) is 9.80 Å². The number of hydrogen-bond acceptors (Lipinski definition) is 3. The van der Waals surface area contributed by atoms with E-state index in [0.29, 0.717) is 13.1 Å². The van der Waals surface area contributed by atoms with E-state index in [1.807, 2.05) is 6.92 Å². The standard InChI is InChI=1S/C12H22N2O2S/c1-2-6-13-9-12(16)14(10-11(13)15)7-4-3-5-8-17/h17H,2-10H2,1H3. The summed E-state index contributed by atoms with van der Waals surface area (Å²) >= 11 is 4.15. The van der Waals surface area contributed by atoms with Crippen LogP contribution < -0.4 is 0 Å². The summed E-state index contributed by atoms with van der Waals surface area (Å²) < 4.78 is 0. The molecule has 1 rings (SSSR count). The fraction of sp³-hybridized carbons (Fsp3) is 0.833. The van der Waals surface area contributed by atoms with E-state index in [9.17, 15) is 9.59 Å². The zero-order chi connectivity index (χ0) is 12.7. The molecule has 17 heavy (non-hydrogen) atoms. The molecule has 0 spiro atoms. The number of piperazine rings is 1. The molecule has 1 saturated heterocycles. The molecule has 4 nitrogen and oxygen atoms in total. The van der Waals surface area contributed by atoms with Gasteiger partial charge in [0.2, 0.25) is 11.8 Å². The molecule has 2 amide bonds. The minimum Gasteiger partial charge on any atom is -0.332 e. The molecule has 1 aliphatic rings. The van der Waals surface area contributed by atoms with Gasteiger partial charge in [0.15, 0.2) is 0 Å². The molecule has 0 radical (unpaired) electrons. The van der Waals surface area contributed by atoms with Crippen LogP contribution in [-0.4, -0.2) is 53.5 Å². The van der Waals surface area contributed by atoms with Crippen LogP contribution in [0, 0.1) is 0 Å². The van der Waals surface area contributed by atoms with E-state index in [2.05, 4.69) is 12.6 Å². The lowest BCUT2D eigenvalue weighted by Crippen LogP contribution is -2.53. The lowest BCUT2D eigenvalue weighted by Gasteiger charge is -2.33. The van der Waals surface area contributed by atoms with E-state index < -0.39 is 0 Å². The van der Waals surface area contributed by atoms with Crippen molar-refractivity contribution in [2.45, 2.75) is 32.6 Å². The number of hydrogen-bond donors (Lipinski definition) is 1. The monoisotopic (exact) mass is 258 g/mol. The molecule has 1 heterocycles. The average molecular weight is 258 g/mol. The molecular formula is C12H22N2O2S. The number of nitrogens with zero attached hydrogens (tertiary/aromatic N) is 2. The predicted octanol–water partition coefficient (Wildman–Crippen LogP) is 1.17. The summed E-state index contributed by atoms with van der Waals surface area (Å²) in [5.41, 5.74) is 0. The Labute approximate surface area is 109 Å². The van der Waals surface area contributed by atoms with Crippen LogP contribution in [0.5, 0.6) is 0 Å². The summed E-state index contributed by atoms with van der Waals surface area (Å²) in [4.78, 5) is 26.9. The van der Waals surface area contributed by atoms with Crippen molar-refractivity contribution in [2.75, 3.05) is 31.9 Å². The van der Waals surface area contributed by atoms with Crippen molar-refractivity contribution in [1.29, 1.82) is 0 Å². The fourth-order valence-corrected chi connectivity index (χ4v) is 2.20. The quantitative estimate of drug-likeness (QED) is 0.550. The van der Waals surface area contributed by atoms with Gasteiger partial charge in [-0.3, -0.25) is 9.59 Å². The van der Waals surface area contributed by atoms with E-state index in [0.717, 1.165) is 31.4 Å². The maximum Gasteiger partial charge on any atom is 0.242 e. The van der Waals surface area contributed by atoms with E-state index in [1.54, 1.807) is 9.80 Å². The van der Waals surface area contributed by atoms with Crippen LogP contribution in [0.25, 0.3) is 0 Å². The number of carbonyl (C=O) groups excluding carboxylic acids is 2. The lowest BCUT2D eigenvalue weighted by molar-refractivity contribution is -0.150. The molecule has 0 saturated carbocycles. The molecule has 0 atom stereocenters. The minimum absolute atomic E-state index is 0.0839. The van der Waals surface area contributed by atoms with Crippen LogP contribution in [0.4, 0.5) is 0 Å². The van der Waals surface area contributed by atoms with Gasteiger partial charge < -0.3 is 9.80 Å². The molecule has 0 N–H and O–H groups in total. The van der Waals surface area contributed by atoms with Crippen LogP contribution in [0.1, 0.15) is 32.6 Å². The number of carbonyl (C=O) groups is 2. The van der Waals surface area contributed by atoms with Gasteiger partial charge in [-0.25, -0.2) is 0 Å². The third-order valence-corrected chi connectivity index (χ3v) is 3.25. The minimum atomic E-state index is 0.0839. The van der Waals surface area contributed by atoms with E-state index >= 15 is 0 Å². The van der Waals surface area contributed by atoms with Gasteiger partial charge in [-0.15, -0.1) is 0 Å². The number of thiol groups is 1. The summed E-state index contributed by atoms with van der Waals surface area (Å²) in [5.74, 6) is 1.06. The van der Waals surface area contributed by atoms with Gasteiger partial charge in [0, 0.05) is 13.1 Å². The van der Waals surface area contributed by atoms with Gasteiger partial charge >= 0.3 is 0 Å². The summed E-state index contributed by atoms with van der Waals surface area (Å²) in [7, 11) is 0. The second kappa shape index (κ2) is 7.58. The summed E-state index contributed by atoms with van der Waals surface area (Å²) in [6.45, 7) is 3.94. The molecule has 0 bridgehead atoms. The molecule has 1 fully saturated rings. The first-order chi connectivity index (χ1) is 8.19. The number of rotatable bonds is 7. The zero-order valence-electron chi connectivity index (χ0n) is 10.5. The Kier molecular flexibility index (Phi) is 6.40. The molecule has 1 aliphatic heterocycles. The van der Waals surface area contributed by atoms with Gasteiger partial charge in [0.25, 0.3) is 0 Å². The maximum absolute atomic E-state index is 11.8. The molecule has 0 unspecified atom stereocenters. The second-order valence-electron chi connectivity index (χ2n) is 4.41. The molecule has 5 heteroatoms. The first-order valence-electron chi connectivity index (χ1n) is 6.35. The largest absolute Gasteiger partial charge is 0.332 e. The van der Waals surface area contributed by atoms with Gasteiger partial charge in [0.05, 0.1) is 13.1 Å². The predicted molar refractivity (Wildman–Crippen MR) is 71.2 cm³/mol. The molecular weight excluding hydrogens is 236 g/mol. The average Bonchev–Trinajstić information content (AvgIpc) is 2.30. The van der Waals surface area contributed by atoms with E-state index in [-0.39, 0.29) is 24.9 Å². The highest BCUT2D eigenvalue weighted by atomic mass is 32.1. The number of amides is 2. The Hall–Kier alpha value is -0.710. The normalized spacial score (nSPS) is 16.8. The Bertz CT molecular complexity index is 271. The van der Waals surface area contributed by atoms with Crippen molar-refractivity contribution >= 4 is 24.4 Å². The van der Waals surface area contributed by atoms with E-state index in [4.69, 9.17) is 0 Å². The zero-order valence-corrected chi connectivity index (χ0v) is 11.4. The number of unbranched alkanes of at least 4 members (excludes halogenated alkanes) is 2. The van der Waals surface area contributed by atoms with Gasteiger partial charge in [-0.1, -0.05) is 13.3 Å².